The molecule has 1 amide bonds. The first kappa shape index (κ1) is 13.2. The Morgan fingerprint density at radius 3 is 2.53 bits per heavy atom. The van der Waals surface area contributed by atoms with E-state index in [1.165, 1.54) is 0 Å². The van der Waals surface area contributed by atoms with Crippen molar-refractivity contribution in [3.05, 3.63) is 35.9 Å². The Hall–Kier alpha value is -1.84. The minimum absolute atomic E-state index is 0.0795. The molecule has 0 radical (unpaired) electrons. The highest BCUT2D eigenvalue weighted by Crippen LogP contribution is 2.13. The average molecular weight is 235 g/mol. The summed E-state index contributed by atoms with van der Waals surface area (Å²) >= 11 is 0. The molecule has 0 aliphatic heterocycles. The Morgan fingerprint density at radius 1 is 1.29 bits per heavy atom. The van der Waals surface area contributed by atoms with Gasteiger partial charge in [0.15, 0.2) is 0 Å². The van der Waals surface area contributed by atoms with E-state index in [9.17, 15) is 9.59 Å². The highest BCUT2D eigenvalue weighted by Gasteiger charge is 2.15. The molecule has 0 saturated carbocycles. The first-order valence-electron chi connectivity index (χ1n) is 5.63. The van der Waals surface area contributed by atoms with Crippen molar-refractivity contribution >= 4 is 11.9 Å². The highest BCUT2D eigenvalue weighted by molar-refractivity contribution is 5.86. The van der Waals surface area contributed by atoms with Crippen molar-refractivity contribution < 1.29 is 14.3 Å². The monoisotopic (exact) mass is 235 g/mol. The van der Waals surface area contributed by atoms with Crippen LogP contribution in [0.1, 0.15) is 25.3 Å². The molecule has 1 unspecified atom stereocenters. The second-order valence-electron chi connectivity index (χ2n) is 3.66. The number of amides is 1. The summed E-state index contributed by atoms with van der Waals surface area (Å²) in [6.45, 7) is 3.77. The lowest BCUT2D eigenvalue weighted by molar-refractivity contribution is -0.143. The summed E-state index contributed by atoms with van der Waals surface area (Å²) in [6, 6.07) is 9.42. The van der Waals surface area contributed by atoms with E-state index in [4.69, 9.17) is 4.74 Å². The number of carbonyl (C=O) groups is 2. The Bertz CT molecular complexity index is 376. The smallest absolute Gasteiger partial charge is 0.325 e. The van der Waals surface area contributed by atoms with Gasteiger partial charge >= 0.3 is 5.97 Å². The SMILES string of the molecule is CCOC(=O)CNC(=O)C(C)c1ccccc1. The van der Waals surface area contributed by atoms with Crippen molar-refractivity contribution in [2.24, 2.45) is 0 Å². The number of benzene rings is 1. The molecule has 17 heavy (non-hydrogen) atoms. The van der Waals surface area contributed by atoms with Crippen LogP contribution in [0.15, 0.2) is 30.3 Å². The zero-order valence-electron chi connectivity index (χ0n) is 10.1. The second kappa shape index (κ2) is 6.68. The molecule has 4 heteroatoms. The Labute approximate surface area is 101 Å². The third-order valence-electron chi connectivity index (χ3n) is 2.41. The fourth-order valence-electron chi connectivity index (χ4n) is 1.42. The van der Waals surface area contributed by atoms with E-state index < -0.39 is 5.97 Å². The molecule has 1 aromatic rings. The van der Waals surface area contributed by atoms with E-state index in [1.807, 2.05) is 30.3 Å². The molecule has 92 valence electrons. The number of hydrogen-bond donors (Lipinski definition) is 1. The molecular weight excluding hydrogens is 218 g/mol. The first-order chi connectivity index (χ1) is 8.15. The quantitative estimate of drug-likeness (QED) is 0.786. The number of carbonyl (C=O) groups excluding carboxylic acids is 2. The van der Waals surface area contributed by atoms with Gasteiger partial charge in [-0.15, -0.1) is 0 Å². The van der Waals surface area contributed by atoms with Crippen molar-refractivity contribution in [3.8, 4) is 0 Å². The third-order valence-corrected chi connectivity index (χ3v) is 2.41. The summed E-state index contributed by atoms with van der Waals surface area (Å²) in [5.41, 5.74) is 0.925. The van der Waals surface area contributed by atoms with E-state index in [1.54, 1.807) is 13.8 Å². The maximum Gasteiger partial charge on any atom is 0.325 e. The van der Waals surface area contributed by atoms with Crippen molar-refractivity contribution in [1.29, 1.82) is 0 Å². The van der Waals surface area contributed by atoms with Crippen molar-refractivity contribution in [2.75, 3.05) is 13.2 Å². The van der Waals surface area contributed by atoms with Gasteiger partial charge in [0.2, 0.25) is 5.91 Å². The van der Waals surface area contributed by atoms with Gasteiger partial charge in [-0.2, -0.15) is 0 Å². The van der Waals surface area contributed by atoms with E-state index in [0.29, 0.717) is 6.61 Å². The van der Waals surface area contributed by atoms with Crippen LogP contribution >= 0.6 is 0 Å². The number of rotatable bonds is 5. The summed E-state index contributed by atoms with van der Waals surface area (Å²) in [4.78, 5) is 22.8. The molecule has 0 aromatic heterocycles. The van der Waals surface area contributed by atoms with Crippen molar-refractivity contribution in [2.45, 2.75) is 19.8 Å². The summed E-state index contributed by atoms with van der Waals surface area (Å²) in [5, 5.41) is 2.55. The van der Waals surface area contributed by atoms with Crippen LogP contribution in [-0.4, -0.2) is 25.0 Å². The number of esters is 1. The molecule has 0 fully saturated rings. The molecule has 1 atom stereocenters. The van der Waals surface area contributed by atoms with Crippen LogP contribution in [0.5, 0.6) is 0 Å². The van der Waals surface area contributed by atoms with Crippen molar-refractivity contribution in [3.63, 3.8) is 0 Å². The van der Waals surface area contributed by atoms with E-state index in [-0.39, 0.29) is 18.4 Å². The largest absolute Gasteiger partial charge is 0.465 e. The minimum atomic E-state index is -0.416. The van der Waals surface area contributed by atoms with Crippen LogP contribution in [0.4, 0.5) is 0 Å². The number of ether oxygens (including phenoxy) is 1. The summed E-state index contributed by atoms with van der Waals surface area (Å²) < 4.78 is 4.72. The Balaban J connectivity index is 2.45. The van der Waals surface area contributed by atoms with Crippen LogP contribution in [0.2, 0.25) is 0 Å². The normalized spacial score (nSPS) is 11.6. The van der Waals surface area contributed by atoms with E-state index in [2.05, 4.69) is 5.32 Å². The zero-order valence-corrected chi connectivity index (χ0v) is 10.1. The van der Waals surface area contributed by atoms with Gasteiger partial charge in [-0.1, -0.05) is 30.3 Å². The molecule has 0 spiro atoms. The van der Waals surface area contributed by atoms with Crippen LogP contribution < -0.4 is 5.32 Å². The fourth-order valence-corrected chi connectivity index (χ4v) is 1.42. The Morgan fingerprint density at radius 2 is 1.94 bits per heavy atom. The fraction of sp³-hybridized carbons (Fsp3) is 0.385. The van der Waals surface area contributed by atoms with Crippen LogP contribution in [-0.2, 0) is 14.3 Å². The van der Waals surface area contributed by atoms with Gasteiger partial charge in [0.25, 0.3) is 0 Å². The molecule has 0 saturated heterocycles. The number of nitrogens with one attached hydrogen (secondary N) is 1. The lowest BCUT2D eigenvalue weighted by Crippen LogP contribution is -2.33. The summed E-state index contributed by atoms with van der Waals surface area (Å²) in [5.74, 6) is -0.865. The molecule has 1 aromatic carbocycles. The topological polar surface area (TPSA) is 55.4 Å². The second-order valence-corrected chi connectivity index (χ2v) is 3.66. The van der Waals surface area contributed by atoms with Crippen LogP contribution in [0, 0.1) is 0 Å². The average Bonchev–Trinajstić information content (AvgIpc) is 2.36. The lowest BCUT2D eigenvalue weighted by atomic mass is 10.0. The maximum absolute atomic E-state index is 11.7. The van der Waals surface area contributed by atoms with Gasteiger partial charge in [-0.05, 0) is 19.4 Å². The predicted octanol–water partition coefficient (Wildman–Crippen LogP) is 1.47. The van der Waals surface area contributed by atoms with Gasteiger partial charge < -0.3 is 10.1 Å². The molecule has 4 nitrogen and oxygen atoms in total. The van der Waals surface area contributed by atoms with E-state index >= 15 is 0 Å². The van der Waals surface area contributed by atoms with Gasteiger partial charge in [0.05, 0.1) is 12.5 Å². The lowest BCUT2D eigenvalue weighted by Gasteiger charge is -2.11. The van der Waals surface area contributed by atoms with Gasteiger partial charge in [0.1, 0.15) is 6.54 Å². The summed E-state index contributed by atoms with van der Waals surface area (Å²) in [6.07, 6.45) is 0. The highest BCUT2D eigenvalue weighted by atomic mass is 16.5. The van der Waals surface area contributed by atoms with Gasteiger partial charge in [-0.3, -0.25) is 9.59 Å². The van der Waals surface area contributed by atoms with E-state index in [0.717, 1.165) is 5.56 Å². The molecular formula is C13H17NO3. The minimum Gasteiger partial charge on any atom is -0.465 e. The van der Waals surface area contributed by atoms with Crippen LogP contribution in [0.25, 0.3) is 0 Å². The first-order valence-corrected chi connectivity index (χ1v) is 5.63. The summed E-state index contributed by atoms with van der Waals surface area (Å²) in [7, 11) is 0. The standard InChI is InChI=1S/C13H17NO3/c1-3-17-12(15)9-14-13(16)10(2)11-7-5-4-6-8-11/h4-8,10H,3,9H2,1-2H3,(H,14,16). The molecule has 0 aliphatic rings. The third kappa shape index (κ3) is 4.26. The molecule has 1 N–H and O–H groups in total. The zero-order chi connectivity index (χ0) is 12.7. The predicted molar refractivity (Wildman–Crippen MR) is 64.5 cm³/mol. The van der Waals surface area contributed by atoms with Gasteiger partial charge in [-0.25, -0.2) is 0 Å². The van der Waals surface area contributed by atoms with Crippen LogP contribution in [0.3, 0.4) is 0 Å². The molecule has 1 rings (SSSR count). The Kier molecular flexibility index (Phi) is 5.20. The maximum atomic E-state index is 11.7. The molecule has 0 bridgehead atoms. The molecule has 0 aliphatic carbocycles. The van der Waals surface area contributed by atoms with Gasteiger partial charge in [0, 0.05) is 0 Å². The molecule has 0 heterocycles. The van der Waals surface area contributed by atoms with Crippen molar-refractivity contribution in [1.82, 2.24) is 5.32 Å². The number of hydrogen-bond acceptors (Lipinski definition) is 3.